The average molecular weight is 771 g/mol. The van der Waals surface area contributed by atoms with Gasteiger partial charge in [0.2, 0.25) is 11.8 Å². The maximum atomic E-state index is 14.0. The molecule has 0 aliphatic heterocycles. The molecule has 0 aliphatic rings. The van der Waals surface area contributed by atoms with Gasteiger partial charge in [0.1, 0.15) is 0 Å². The molecule has 0 unspecified atom stereocenters. The van der Waals surface area contributed by atoms with Crippen LogP contribution in [0.15, 0.2) is 84.9 Å². The summed E-state index contributed by atoms with van der Waals surface area (Å²) in [5, 5.41) is 0. The number of halogens is 4. The van der Waals surface area contributed by atoms with Gasteiger partial charge in [0, 0.05) is 47.2 Å². The van der Waals surface area contributed by atoms with E-state index in [9.17, 15) is 27.2 Å². The van der Waals surface area contributed by atoms with Crippen LogP contribution >= 0.6 is 0 Å². The maximum absolute atomic E-state index is 14.0. The van der Waals surface area contributed by atoms with Gasteiger partial charge in [-0.05, 0) is 37.1 Å². The second-order valence-corrected chi connectivity index (χ2v) is 13.8. The minimum atomic E-state index is -0.813. The zero-order valence-corrected chi connectivity index (χ0v) is 34.4. The van der Waals surface area contributed by atoms with Crippen molar-refractivity contribution in [2.75, 3.05) is 22.9 Å². The Morgan fingerprint density at radius 1 is 0.585 bits per heavy atom. The largest absolute Gasteiger partial charge is 4.00 e. The number of anilines is 2. The number of unbranched alkanes of at least 4 members (excludes halogenated alkanes) is 2. The number of amides is 2. The fraction of sp³-hybridized carbons (Fsp3) is 0.455. The molecule has 4 aromatic rings. The third-order valence-corrected chi connectivity index (χ3v) is 8.24. The summed E-state index contributed by atoms with van der Waals surface area (Å²) in [5.74, 6) is -3.40. The molecule has 0 saturated heterocycles. The van der Waals surface area contributed by atoms with Crippen LogP contribution in [0.4, 0.5) is 28.9 Å². The Morgan fingerprint density at radius 2 is 0.906 bits per heavy atom. The molecule has 0 saturated carbocycles. The molecule has 4 rings (SSSR count). The number of nitrogens with zero attached hydrogens (tertiary/aromatic N) is 2. The first-order valence-corrected chi connectivity index (χ1v) is 18.4. The Balaban J connectivity index is 0.000000791. The number of carbonyl (C=O) groups is 2. The van der Waals surface area contributed by atoms with Crippen molar-refractivity contribution in [1.29, 1.82) is 0 Å². The summed E-state index contributed by atoms with van der Waals surface area (Å²) in [7, 11) is 0. The fourth-order valence-corrected chi connectivity index (χ4v) is 5.42. The Hall–Kier alpha value is -3.49. The summed E-state index contributed by atoms with van der Waals surface area (Å²) in [6, 6.07) is 28.9. The van der Waals surface area contributed by atoms with E-state index in [-0.39, 0.29) is 44.9 Å². The second kappa shape index (κ2) is 26.3. The van der Waals surface area contributed by atoms with Gasteiger partial charge in [-0.25, -0.2) is 41.8 Å². The molecule has 4 aromatic carbocycles. The van der Waals surface area contributed by atoms with E-state index in [4.69, 9.17) is 0 Å². The molecule has 9 heteroatoms. The van der Waals surface area contributed by atoms with Crippen molar-refractivity contribution >= 4 is 23.2 Å². The van der Waals surface area contributed by atoms with E-state index < -0.39 is 34.1 Å². The van der Waals surface area contributed by atoms with E-state index in [0.717, 1.165) is 63.5 Å². The molecule has 0 radical (unpaired) electrons. The van der Waals surface area contributed by atoms with E-state index in [1.54, 1.807) is 0 Å². The molecule has 0 atom stereocenters. The number of hydrogen-bond acceptors (Lipinski definition) is 2. The molecule has 2 amide bonds. The van der Waals surface area contributed by atoms with Crippen LogP contribution in [-0.4, -0.2) is 24.9 Å². The van der Waals surface area contributed by atoms with Crippen molar-refractivity contribution < 1.29 is 48.9 Å². The predicted octanol–water partition coefficient (Wildman–Crippen LogP) is 12.3. The molecule has 288 valence electrons. The van der Waals surface area contributed by atoms with Crippen molar-refractivity contribution in [3.8, 4) is 0 Å². The summed E-state index contributed by atoms with van der Waals surface area (Å²) in [5.41, 5.74) is -0.912. The standard InChI is InChI=1S/2C17H24F2NO.2C5H5.Ti/c2*1-5-7-11-20(16(21)17(3,4)10-6-2)15-9-8-13(18)12-14(15)19;2*1-2-4-5-3-1;/h2*8-9H,5-7,10-11H2,1-4H3;2*1-5H;/q4*-1;+4. The van der Waals surface area contributed by atoms with E-state index in [0.29, 0.717) is 13.1 Å². The predicted molar refractivity (Wildman–Crippen MR) is 206 cm³/mol. The summed E-state index contributed by atoms with van der Waals surface area (Å²) in [6.45, 7) is 16.4. The van der Waals surface area contributed by atoms with Gasteiger partial charge in [0.25, 0.3) is 0 Å². The van der Waals surface area contributed by atoms with Gasteiger partial charge in [-0.3, -0.25) is 9.59 Å². The summed E-state index contributed by atoms with van der Waals surface area (Å²) in [4.78, 5) is 28.4. The van der Waals surface area contributed by atoms with Gasteiger partial charge < -0.3 is 9.80 Å². The first kappa shape index (κ1) is 49.5. The summed E-state index contributed by atoms with van der Waals surface area (Å²) < 4.78 is 54.0. The van der Waals surface area contributed by atoms with Gasteiger partial charge in [-0.1, -0.05) is 81.1 Å². The molecule has 0 aromatic heterocycles. The molecule has 0 heterocycles. The number of carbonyl (C=O) groups excluding carboxylic acids is 2. The number of benzene rings is 2. The van der Waals surface area contributed by atoms with Crippen molar-refractivity contribution in [3.05, 3.63) is 120 Å². The van der Waals surface area contributed by atoms with Gasteiger partial charge in [-0.15, -0.1) is 36.4 Å². The number of hydrogen-bond donors (Lipinski definition) is 0. The molecule has 0 spiro atoms. The third kappa shape index (κ3) is 17.9. The minimum Gasteiger partial charge on any atom is -0.363 e. The number of rotatable bonds is 14. The Morgan fingerprint density at radius 3 is 1.13 bits per heavy atom. The van der Waals surface area contributed by atoms with Gasteiger partial charge in [-0.2, -0.15) is 36.4 Å². The molecule has 0 aliphatic carbocycles. The molecule has 53 heavy (non-hydrogen) atoms. The zero-order chi connectivity index (χ0) is 39.2. The third-order valence-electron chi connectivity index (χ3n) is 8.24. The monoisotopic (exact) mass is 770 g/mol. The van der Waals surface area contributed by atoms with Gasteiger partial charge in [0.05, 0.1) is 0 Å². The molecule has 0 bridgehead atoms. The second-order valence-electron chi connectivity index (χ2n) is 13.8. The van der Waals surface area contributed by atoms with Crippen molar-refractivity contribution in [3.63, 3.8) is 0 Å². The average Bonchev–Trinajstić information content (AvgIpc) is 3.87. The molecular formula is C44H58F4N2O2Ti. The van der Waals surface area contributed by atoms with E-state index in [1.165, 1.54) is 21.9 Å². The van der Waals surface area contributed by atoms with Gasteiger partial charge in [0.15, 0.2) is 0 Å². The van der Waals surface area contributed by atoms with Crippen LogP contribution in [0.1, 0.15) is 107 Å². The smallest absolute Gasteiger partial charge is 0.363 e. The van der Waals surface area contributed by atoms with Crippen molar-refractivity contribution in [2.45, 2.75) is 107 Å². The van der Waals surface area contributed by atoms with Crippen molar-refractivity contribution in [1.82, 2.24) is 0 Å². The first-order valence-electron chi connectivity index (χ1n) is 18.4. The zero-order valence-electron chi connectivity index (χ0n) is 32.9. The van der Waals surface area contributed by atoms with E-state index >= 15 is 0 Å². The summed E-state index contributed by atoms with van der Waals surface area (Å²) >= 11 is 0. The van der Waals surface area contributed by atoms with Crippen LogP contribution in [0, 0.1) is 46.2 Å². The Kier molecular flexibility index (Phi) is 24.6. The van der Waals surface area contributed by atoms with Crippen LogP contribution in [0.3, 0.4) is 0 Å². The molecule has 0 fully saturated rings. The topological polar surface area (TPSA) is 40.6 Å². The molecule has 0 N–H and O–H groups in total. The minimum absolute atomic E-state index is 0. The van der Waals surface area contributed by atoms with Crippen molar-refractivity contribution in [2.24, 2.45) is 10.8 Å². The Bertz CT molecular complexity index is 1390. The van der Waals surface area contributed by atoms with Crippen LogP contribution in [0.2, 0.25) is 0 Å². The molecule has 4 nitrogen and oxygen atoms in total. The van der Waals surface area contributed by atoms with E-state index in [1.807, 2.05) is 128 Å². The van der Waals surface area contributed by atoms with Crippen LogP contribution in [0.5, 0.6) is 0 Å². The summed E-state index contributed by atoms with van der Waals surface area (Å²) in [6.07, 6.45) is 6.52. The fourth-order valence-electron chi connectivity index (χ4n) is 5.42. The normalized spacial score (nSPS) is 10.6. The van der Waals surface area contributed by atoms with Gasteiger partial charge >= 0.3 is 21.7 Å². The van der Waals surface area contributed by atoms with Crippen LogP contribution in [0.25, 0.3) is 0 Å². The Labute approximate surface area is 331 Å². The SMILES string of the molecule is CCCCN(C(=O)C(C)(C)CCC)c1ccc(F)[c-]c1F.CCCCN(C(=O)C(C)(C)CCC)c1ccc(F)[c-]c1F.[Ti+4].c1cc[cH-]c1.c1cc[cH-]c1. The molecular weight excluding hydrogens is 712 g/mol. The van der Waals surface area contributed by atoms with E-state index in [2.05, 4.69) is 0 Å². The van der Waals surface area contributed by atoms with Crippen LogP contribution in [-0.2, 0) is 31.3 Å². The first-order chi connectivity index (χ1) is 24.7. The maximum Gasteiger partial charge on any atom is 4.00 e. The quantitative estimate of drug-likeness (QED) is 0.0728. The van der Waals surface area contributed by atoms with Crippen LogP contribution < -0.4 is 9.80 Å².